The number of carbonyl (C=O) groups excluding carboxylic acids is 3. The van der Waals surface area contributed by atoms with Crippen molar-refractivity contribution in [2.24, 2.45) is 7.05 Å². The maximum Gasteiger partial charge on any atom is 0.410 e. The molecule has 0 aliphatic carbocycles. The topological polar surface area (TPSA) is 109 Å². The summed E-state index contributed by atoms with van der Waals surface area (Å²) in [5, 5.41) is 10.2. The SMILES string of the molecule is Cn1nc(N2CCC(=O)NC2=O)c2ccc(NC3CCN(C(=O)OC(C)(C)C)CC3(F)F)cc21. The van der Waals surface area contributed by atoms with Gasteiger partial charge in [0, 0.05) is 37.6 Å². The second-order valence-electron chi connectivity index (χ2n) is 9.58. The molecule has 1 aromatic carbocycles. The molecule has 12 heteroatoms. The highest BCUT2D eigenvalue weighted by Gasteiger charge is 2.46. The van der Waals surface area contributed by atoms with Gasteiger partial charge in [-0.25, -0.2) is 18.4 Å². The zero-order valence-corrected chi connectivity index (χ0v) is 19.5. The first-order chi connectivity index (χ1) is 15.8. The largest absolute Gasteiger partial charge is 0.444 e. The lowest BCUT2D eigenvalue weighted by atomic mass is 10.0. The molecule has 1 atom stereocenters. The Hall–Kier alpha value is -3.44. The summed E-state index contributed by atoms with van der Waals surface area (Å²) >= 11 is 0. The minimum Gasteiger partial charge on any atom is -0.444 e. The summed E-state index contributed by atoms with van der Waals surface area (Å²) in [5.74, 6) is -3.11. The molecule has 2 aliphatic heterocycles. The van der Waals surface area contributed by atoms with Crippen molar-refractivity contribution < 1.29 is 27.9 Å². The molecule has 2 saturated heterocycles. The van der Waals surface area contributed by atoms with Gasteiger partial charge in [0.2, 0.25) is 5.91 Å². The summed E-state index contributed by atoms with van der Waals surface area (Å²) in [6, 6.07) is 3.33. The molecule has 184 valence electrons. The van der Waals surface area contributed by atoms with Gasteiger partial charge in [-0.15, -0.1) is 0 Å². The second-order valence-corrected chi connectivity index (χ2v) is 9.58. The summed E-state index contributed by atoms with van der Waals surface area (Å²) in [6.45, 7) is 4.68. The van der Waals surface area contributed by atoms with Crippen LogP contribution in [0, 0.1) is 0 Å². The monoisotopic (exact) mass is 478 g/mol. The summed E-state index contributed by atoms with van der Waals surface area (Å²) < 4.78 is 36.6. The molecule has 10 nitrogen and oxygen atoms in total. The van der Waals surface area contributed by atoms with Crippen molar-refractivity contribution in [3.8, 4) is 0 Å². The third-order valence-corrected chi connectivity index (χ3v) is 5.73. The number of amides is 4. The predicted molar refractivity (Wildman–Crippen MR) is 121 cm³/mol. The average Bonchev–Trinajstić information content (AvgIpc) is 3.04. The van der Waals surface area contributed by atoms with Crippen LogP contribution in [-0.4, -0.2) is 69.9 Å². The number of fused-ring (bicyclic) bond motifs is 1. The molecule has 4 rings (SSSR count). The van der Waals surface area contributed by atoms with Crippen molar-refractivity contribution in [1.29, 1.82) is 0 Å². The van der Waals surface area contributed by atoms with Gasteiger partial charge >= 0.3 is 12.1 Å². The average molecular weight is 479 g/mol. The number of nitrogens with zero attached hydrogens (tertiary/aromatic N) is 4. The van der Waals surface area contributed by atoms with Gasteiger partial charge in [0.05, 0.1) is 18.1 Å². The number of carbonyl (C=O) groups is 3. The standard InChI is InChI=1S/C22H28F2N6O4/c1-21(2,3)34-20(33)29-9-7-16(22(23,24)12-29)25-13-5-6-14-15(11-13)28(4)27-18(14)30-10-8-17(31)26-19(30)32/h5-6,11,16,25H,7-10,12H2,1-4H3,(H,26,31,32). The molecule has 3 heterocycles. The molecule has 34 heavy (non-hydrogen) atoms. The van der Waals surface area contributed by atoms with Gasteiger partial charge in [-0.3, -0.25) is 19.7 Å². The fraction of sp³-hybridized carbons (Fsp3) is 0.545. The third kappa shape index (κ3) is 4.75. The Morgan fingerprint density at radius 2 is 2.00 bits per heavy atom. The van der Waals surface area contributed by atoms with Crippen LogP contribution in [0.5, 0.6) is 0 Å². The number of aromatic nitrogens is 2. The summed E-state index contributed by atoms with van der Waals surface area (Å²) in [6.07, 6.45) is -0.540. The molecule has 2 N–H and O–H groups in total. The summed E-state index contributed by atoms with van der Waals surface area (Å²) in [4.78, 5) is 38.3. The van der Waals surface area contributed by atoms with Crippen molar-refractivity contribution in [3.05, 3.63) is 18.2 Å². The Bertz CT molecular complexity index is 1140. The zero-order chi connectivity index (χ0) is 24.8. The number of hydrogen-bond acceptors (Lipinski definition) is 6. The number of piperidine rings is 1. The molecular weight excluding hydrogens is 450 g/mol. The van der Waals surface area contributed by atoms with E-state index in [0.29, 0.717) is 22.4 Å². The van der Waals surface area contributed by atoms with Gasteiger partial charge < -0.3 is 15.0 Å². The van der Waals surface area contributed by atoms with Gasteiger partial charge in [-0.1, -0.05) is 0 Å². The fourth-order valence-electron chi connectivity index (χ4n) is 4.09. The van der Waals surface area contributed by atoms with E-state index in [0.717, 1.165) is 4.90 Å². The van der Waals surface area contributed by atoms with Crippen LogP contribution in [-0.2, 0) is 16.6 Å². The number of nitrogens with one attached hydrogen (secondary N) is 2. The van der Waals surface area contributed by atoms with Crippen LogP contribution in [0.2, 0.25) is 0 Å². The number of alkyl halides is 2. The molecule has 0 radical (unpaired) electrons. The molecule has 0 spiro atoms. The van der Waals surface area contributed by atoms with E-state index in [-0.39, 0.29) is 31.8 Å². The number of hydrogen-bond donors (Lipinski definition) is 2. The van der Waals surface area contributed by atoms with E-state index in [1.54, 1.807) is 50.7 Å². The molecule has 1 aromatic heterocycles. The van der Waals surface area contributed by atoms with Crippen LogP contribution in [0.4, 0.5) is 29.9 Å². The molecule has 4 amide bonds. The lowest BCUT2D eigenvalue weighted by Crippen LogP contribution is -2.56. The molecule has 0 saturated carbocycles. The smallest absolute Gasteiger partial charge is 0.410 e. The minimum absolute atomic E-state index is 0.0445. The van der Waals surface area contributed by atoms with Gasteiger partial charge in [0.1, 0.15) is 5.60 Å². The van der Waals surface area contributed by atoms with E-state index in [1.807, 2.05) is 0 Å². The Labute approximate surface area is 195 Å². The van der Waals surface area contributed by atoms with E-state index in [4.69, 9.17) is 4.74 Å². The predicted octanol–water partition coefficient (Wildman–Crippen LogP) is 3.08. The van der Waals surface area contributed by atoms with Gasteiger partial charge in [0.25, 0.3) is 5.92 Å². The molecule has 2 fully saturated rings. The number of imide groups is 1. The van der Waals surface area contributed by atoms with Crippen LogP contribution in [0.1, 0.15) is 33.6 Å². The Morgan fingerprint density at radius 1 is 1.26 bits per heavy atom. The first-order valence-electron chi connectivity index (χ1n) is 11.0. The normalized spacial score (nSPS) is 20.9. The van der Waals surface area contributed by atoms with E-state index in [1.165, 1.54) is 4.90 Å². The second kappa shape index (κ2) is 8.41. The molecule has 2 aliphatic rings. The van der Waals surface area contributed by atoms with E-state index < -0.39 is 36.2 Å². The van der Waals surface area contributed by atoms with Crippen LogP contribution < -0.4 is 15.5 Å². The fourth-order valence-corrected chi connectivity index (χ4v) is 4.09. The highest BCUT2D eigenvalue weighted by Crippen LogP contribution is 2.33. The van der Waals surface area contributed by atoms with Crippen molar-refractivity contribution in [2.45, 2.75) is 51.2 Å². The lowest BCUT2D eigenvalue weighted by molar-refractivity contribution is -0.120. The van der Waals surface area contributed by atoms with Crippen molar-refractivity contribution in [1.82, 2.24) is 20.0 Å². The number of aryl methyl sites for hydroxylation is 1. The highest BCUT2D eigenvalue weighted by molar-refractivity contribution is 6.09. The molecule has 2 aromatic rings. The number of likely N-dealkylation sites (tertiary alicyclic amines) is 1. The number of rotatable bonds is 3. The molecule has 0 bridgehead atoms. The van der Waals surface area contributed by atoms with E-state index in [2.05, 4.69) is 15.7 Å². The van der Waals surface area contributed by atoms with Crippen molar-refractivity contribution in [2.75, 3.05) is 29.9 Å². The van der Waals surface area contributed by atoms with Gasteiger partial charge in [-0.2, -0.15) is 5.10 Å². The number of anilines is 2. The molecule has 1 unspecified atom stereocenters. The Kier molecular flexibility index (Phi) is 5.86. The maximum atomic E-state index is 14.9. The van der Waals surface area contributed by atoms with Crippen LogP contribution >= 0.6 is 0 Å². The van der Waals surface area contributed by atoms with Gasteiger partial charge in [-0.05, 0) is 45.4 Å². The first kappa shape index (κ1) is 23.7. The summed E-state index contributed by atoms with van der Waals surface area (Å²) in [7, 11) is 1.69. The number of halogens is 2. The van der Waals surface area contributed by atoms with Crippen molar-refractivity contribution in [3.63, 3.8) is 0 Å². The zero-order valence-electron chi connectivity index (χ0n) is 19.5. The summed E-state index contributed by atoms with van der Waals surface area (Å²) in [5.41, 5.74) is 0.346. The highest BCUT2D eigenvalue weighted by atomic mass is 19.3. The maximum absolute atomic E-state index is 14.9. The Morgan fingerprint density at radius 3 is 2.65 bits per heavy atom. The van der Waals surface area contributed by atoms with Crippen LogP contribution in [0.15, 0.2) is 18.2 Å². The van der Waals surface area contributed by atoms with E-state index in [9.17, 15) is 23.2 Å². The van der Waals surface area contributed by atoms with Crippen molar-refractivity contribution >= 4 is 40.4 Å². The van der Waals surface area contributed by atoms with E-state index >= 15 is 0 Å². The number of benzene rings is 1. The van der Waals surface area contributed by atoms with Crippen LogP contribution in [0.25, 0.3) is 10.9 Å². The third-order valence-electron chi connectivity index (χ3n) is 5.73. The Balaban J connectivity index is 1.50. The quantitative estimate of drug-likeness (QED) is 0.702. The number of urea groups is 1. The number of ether oxygens (including phenoxy) is 1. The van der Waals surface area contributed by atoms with Gasteiger partial charge in [0.15, 0.2) is 5.82 Å². The first-order valence-corrected chi connectivity index (χ1v) is 11.0. The lowest BCUT2D eigenvalue weighted by Gasteiger charge is -2.39. The minimum atomic E-state index is -3.17. The van der Waals surface area contributed by atoms with Crippen LogP contribution in [0.3, 0.4) is 0 Å². The molecular formula is C22H28F2N6O4.